The summed E-state index contributed by atoms with van der Waals surface area (Å²) in [5.74, 6) is -0.0514. The van der Waals surface area contributed by atoms with Crippen molar-refractivity contribution in [3.05, 3.63) is 59.7 Å². The lowest BCUT2D eigenvalue weighted by atomic mass is 9.76. The van der Waals surface area contributed by atoms with Gasteiger partial charge in [0, 0.05) is 58.2 Å². The average Bonchev–Trinajstić information content (AvgIpc) is 3.11. The third-order valence-electron chi connectivity index (χ3n) is 6.79. The van der Waals surface area contributed by atoms with E-state index in [9.17, 15) is 9.59 Å². The smallest absolute Gasteiger partial charge is 0.315 e. The molecule has 6 heteroatoms. The van der Waals surface area contributed by atoms with Crippen molar-refractivity contribution < 1.29 is 9.59 Å². The number of nitrogens with zero attached hydrogens (tertiary/aromatic N) is 2. The molecule has 2 atom stereocenters. The van der Waals surface area contributed by atoms with Crippen LogP contribution in [0.1, 0.15) is 35.7 Å². The molecule has 5 rings (SSSR count). The number of benzene rings is 2. The van der Waals surface area contributed by atoms with Gasteiger partial charge in [-0.25, -0.2) is 4.79 Å². The van der Waals surface area contributed by atoms with E-state index in [1.165, 1.54) is 5.56 Å². The van der Waals surface area contributed by atoms with Crippen LogP contribution < -0.4 is 11.5 Å². The maximum absolute atomic E-state index is 12.2. The van der Waals surface area contributed by atoms with Crippen molar-refractivity contribution in [3.63, 3.8) is 0 Å². The summed E-state index contributed by atoms with van der Waals surface area (Å²) >= 11 is 0. The quantitative estimate of drug-likeness (QED) is 0.669. The number of urea groups is 1. The monoisotopic (exact) mass is 388 g/mol. The van der Waals surface area contributed by atoms with E-state index in [1.54, 1.807) is 11.0 Å². The topological polar surface area (TPSA) is 94.3 Å². The zero-order valence-electron chi connectivity index (χ0n) is 16.6. The van der Waals surface area contributed by atoms with Crippen LogP contribution in [0.2, 0.25) is 0 Å². The Bertz CT molecular complexity index is 1180. The van der Waals surface area contributed by atoms with Gasteiger partial charge in [-0.1, -0.05) is 30.3 Å². The molecule has 1 aromatic heterocycles. The minimum Gasteiger partial charge on any atom is -0.366 e. The highest BCUT2D eigenvalue weighted by Gasteiger charge is 2.51. The van der Waals surface area contributed by atoms with Crippen LogP contribution in [0, 0.1) is 5.92 Å². The molecular weight excluding hydrogens is 364 g/mol. The van der Waals surface area contributed by atoms with Crippen molar-refractivity contribution in [2.75, 3.05) is 6.54 Å². The molecule has 29 heavy (non-hydrogen) atoms. The molecule has 2 aliphatic heterocycles. The average molecular weight is 388 g/mol. The molecule has 2 aliphatic rings. The lowest BCUT2D eigenvalue weighted by Crippen LogP contribution is -2.47. The van der Waals surface area contributed by atoms with Gasteiger partial charge in [-0.05, 0) is 37.6 Å². The van der Waals surface area contributed by atoms with E-state index in [-0.39, 0.29) is 23.4 Å². The van der Waals surface area contributed by atoms with Gasteiger partial charge in [0.15, 0.2) is 0 Å². The molecule has 0 aliphatic carbocycles. The summed E-state index contributed by atoms with van der Waals surface area (Å²) in [5, 5.41) is 1.07. The van der Waals surface area contributed by atoms with E-state index in [1.807, 2.05) is 18.2 Å². The predicted octanol–water partition coefficient (Wildman–Crippen LogP) is 3.29. The zero-order valence-corrected chi connectivity index (χ0v) is 16.6. The SMILES string of the molecule is CC1(C)C2c3ccccc3-c3cc4ccc(C(N)=O)cc4n3CC2CN1C(N)=O. The summed E-state index contributed by atoms with van der Waals surface area (Å²) in [6.45, 7) is 5.55. The Kier molecular flexibility index (Phi) is 3.60. The van der Waals surface area contributed by atoms with Gasteiger partial charge in [-0.2, -0.15) is 0 Å². The lowest BCUT2D eigenvalue weighted by Gasteiger charge is -2.36. The standard InChI is InChI=1S/C23H24N4O2/c1-23(2)20-15(12-27(23)22(25)29)11-26-18-10-14(21(24)28)8-7-13(18)9-19(26)16-5-3-4-6-17(16)20/h3-10,15,20H,11-12H2,1-2H3,(H2,24,28)(H2,25,29). The predicted molar refractivity (Wildman–Crippen MR) is 112 cm³/mol. The molecule has 1 saturated heterocycles. The normalized spacial score (nSPS) is 21.9. The molecule has 0 bridgehead atoms. The molecule has 2 aromatic carbocycles. The number of carbonyl (C=O) groups is 2. The number of primary amides is 2. The Hall–Kier alpha value is -3.28. The Labute approximate surface area is 169 Å². The molecular formula is C23H24N4O2. The molecule has 0 radical (unpaired) electrons. The number of amides is 3. The van der Waals surface area contributed by atoms with Gasteiger partial charge < -0.3 is 20.9 Å². The highest BCUT2D eigenvalue weighted by Crippen LogP contribution is 2.51. The Morgan fingerprint density at radius 3 is 2.52 bits per heavy atom. The van der Waals surface area contributed by atoms with E-state index in [0.717, 1.165) is 28.7 Å². The number of fused-ring (bicyclic) bond motifs is 7. The summed E-state index contributed by atoms with van der Waals surface area (Å²) in [5.41, 5.74) is 15.9. The second-order valence-electron chi connectivity index (χ2n) is 8.71. The van der Waals surface area contributed by atoms with Gasteiger partial charge >= 0.3 is 6.03 Å². The fraction of sp³-hybridized carbons (Fsp3) is 0.304. The van der Waals surface area contributed by atoms with E-state index < -0.39 is 5.91 Å². The molecule has 0 saturated carbocycles. The van der Waals surface area contributed by atoms with E-state index >= 15 is 0 Å². The molecule has 3 amide bonds. The Balaban J connectivity index is 1.77. The van der Waals surface area contributed by atoms with E-state index in [2.05, 4.69) is 42.7 Å². The number of carbonyl (C=O) groups excluding carboxylic acids is 2. The first-order chi connectivity index (χ1) is 13.8. The summed E-state index contributed by atoms with van der Waals surface area (Å²) in [7, 11) is 0. The van der Waals surface area contributed by atoms with Crippen LogP contribution >= 0.6 is 0 Å². The Morgan fingerprint density at radius 2 is 1.79 bits per heavy atom. The van der Waals surface area contributed by atoms with E-state index in [0.29, 0.717) is 12.1 Å². The first-order valence-electron chi connectivity index (χ1n) is 9.88. The molecule has 6 nitrogen and oxygen atoms in total. The summed E-state index contributed by atoms with van der Waals surface area (Å²) in [6.07, 6.45) is 0. The van der Waals surface area contributed by atoms with Gasteiger partial charge in [0.2, 0.25) is 5.91 Å². The molecule has 2 unspecified atom stereocenters. The van der Waals surface area contributed by atoms with Gasteiger partial charge in [-0.15, -0.1) is 0 Å². The summed E-state index contributed by atoms with van der Waals surface area (Å²) in [4.78, 5) is 25.7. The lowest BCUT2D eigenvalue weighted by molar-refractivity contribution is 0.100. The largest absolute Gasteiger partial charge is 0.366 e. The number of nitrogens with two attached hydrogens (primary N) is 2. The first-order valence-corrected chi connectivity index (χ1v) is 9.88. The van der Waals surface area contributed by atoms with Gasteiger partial charge in [0.1, 0.15) is 0 Å². The van der Waals surface area contributed by atoms with Crippen LogP contribution in [-0.2, 0) is 6.54 Å². The molecule has 148 valence electrons. The molecule has 4 N–H and O–H groups in total. The van der Waals surface area contributed by atoms with Crippen LogP contribution in [-0.4, -0.2) is 33.5 Å². The van der Waals surface area contributed by atoms with Crippen molar-refractivity contribution in [3.8, 4) is 11.3 Å². The van der Waals surface area contributed by atoms with Crippen molar-refractivity contribution >= 4 is 22.8 Å². The van der Waals surface area contributed by atoms with Crippen LogP contribution in [0.3, 0.4) is 0 Å². The first kappa shape index (κ1) is 17.8. The highest BCUT2D eigenvalue weighted by atomic mass is 16.2. The third-order valence-corrected chi connectivity index (χ3v) is 6.79. The fourth-order valence-corrected chi connectivity index (χ4v) is 5.56. The van der Waals surface area contributed by atoms with Crippen molar-refractivity contribution in [1.82, 2.24) is 9.47 Å². The molecule has 3 aromatic rings. The highest BCUT2D eigenvalue weighted by molar-refractivity contribution is 5.98. The van der Waals surface area contributed by atoms with Crippen LogP contribution in [0.15, 0.2) is 48.5 Å². The third kappa shape index (κ3) is 2.41. The van der Waals surface area contributed by atoms with Crippen LogP contribution in [0.5, 0.6) is 0 Å². The van der Waals surface area contributed by atoms with E-state index in [4.69, 9.17) is 11.5 Å². The van der Waals surface area contributed by atoms with Crippen molar-refractivity contribution in [2.45, 2.75) is 31.8 Å². The van der Waals surface area contributed by atoms with Gasteiger partial charge in [0.05, 0.1) is 0 Å². The minimum absolute atomic E-state index is 0.167. The summed E-state index contributed by atoms with van der Waals surface area (Å²) in [6, 6.07) is 15.8. The maximum Gasteiger partial charge on any atom is 0.315 e. The molecule has 3 heterocycles. The number of aromatic nitrogens is 1. The second-order valence-corrected chi connectivity index (χ2v) is 8.71. The number of likely N-dealkylation sites (tertiary alicyclic amines) is 1. The maximum atomic E-state index is 12.2. The zero-order chi connectivity index (χ0) is 20.5. The number of hydrogen-bond acceptors (Lipinski definition) is 2. The fourth-order valence-electron chi connectivity index (χ4n) is 5.56. The van der Waals surface area contributed by atoms with Crippen molar-refractivity contribution in [1.29, 1.82) is 0 Å². The number of hydrogen-bond donors (Lipinski definition) is 2. The van der Waals surface area contributed by atoms with Gasteiger partial charge in [0.25, 0.3) is 0 Å². The molecule has 0 spiro atoms. The Morgan fingerprint density at radius 1 is 1.03 bits per heavy atom. The van der Waals surface area contributed by atoms with Crippen LogP contribution in [0.25, 0.3) is 22.2 Å². The second kappa shape index (κ2) is 5.86. The molecule has 1 fully saturated rings. The minimum atomic E-state index is -0.434. The summed E-state index contributed by atoms with van der Waals surface area (Å²) < 4.78 is 2.27. The van der Waals surface area contributed by atoms with Gasteiger partial charge in [-0.3, -0.25) is 4.79 Å². The van der Waals surface area contributed by atoms with Crippen molar-refractivity contribution in [2.24, 2.45) is 17.4 Å². The number of rotatable bonds is 1. The van der Waals surface area contributed by atoms with Crippen LogP contribution in [0.4, 0.5) is 4.79 Å².